The summed E-state index contributed by atoms with van der Waals surface area (Å²) in [5.41, 5.74) is 0.879. The van der Waals surface area contributed by atoms with E-state index in [9.17, 15) is 15.2 Å². The molecule has 0 N–H and O–H groups in total. The van der Waals surface area contributed by atoms with Crippen molar-refractivity contribution in [1.29, 1.82) is 0 Å². The van der Waals surface area contributed by atoms with Crippen LogP contribution in [0.5, 0.6) is 5.75 Å². The molecule has 13 heavy (non-hydrogen) atoms. The Kier molecular flexibility index (Phi) is 4.39. The molecule has 0 saturated heterocycles. The van der Waals surface area contributed by atoms with Crippen LogP contribution in [-0.2, 0) is 0 Å². The molecule has 1 aromatic rings. The van der Waals surface area contributed by atoms with E-state index in [1.165, 1.54) is 12.1 Å². The molecule has 1 rings (SSSR count). The van der Waals surface area contributed by atoms with Gasteiger partial charge in [0.1, 0.15) is 0 Å². The summed E-state index contributed by atoms with van der Waals surface area (Å²) in [7, 11) is 0. The van der Waals surface area contributed by atoms with Gasteiger partial charge in [0.05, 0.1) is 4.92 Å². The number of hydrogen-bond acceptors (Lipinski definition) is 3. The fourth-order valence-electron chi connectivity index (χ4n) is 1.20. The summed E-state index contributed by atoms with van der Waals surface area (Å²) in [5, 5.41) is 21.3. The monoisotopic (exact) mass is 189 g/mol. The Morgan fingerprint density at radius 2 is 1.62 bits per heavy atom. The molecule has 64 valence electrons. The molecule has 0 radical (unpaired) electrons. The summed E-state index contributed by atoms with van der Waals surface area (Å²) in [6, 6.07) is 2.54. The van der Waals surface area contributed by atoms with Gasteiger partial charge in [0.15, 0.2) is 0 Å². The molecular weight excluding hydrogens is 181 g/mol. The van der Waals surface area contributed by atoms with Crippen LogP contribution in [0.2, 0.25) is 0 Å². The van der Waals surface area contributed by atoms with Crippen LogP contribution in [0.1, 0.15) is 11.1 Å². The topological polar surface area (TPSA) is 66.2 Å². The van der Waals surface area contributed by atoms with Crippen molar-refractivity contribution < 1.29 is 39.6 Å². The van der Waals surface area contributed by atoms with Gasteiger partial charge in [-0.25, -0.2) is 0 Å². The second-order valence-corrected chi connectivity index (χ2v) is 2.66. The first-order valence-electron chi connectivity index (χ1n) is 3.45. The Hall–Kier alpha value is -0.580. The summed E-state index contributed by atoms with van der Waals surface area (Å²) in [5.74, 6) is -0.185. The number of nitro benzene ring substituents is 1. The number of aryl methyl sites for hydroxylation is 2. The van der Waals surface area contributed by atoms with Gasteiger partial charge in [0, 0.05) is 11.1 Å². The normalized spacial score (nSPS) is 9.08. The van der Waals surface area contributed by atoms with Crippen LogP contribution in [0.3, 0.4) is 0 Å². The molecule has 5 heteroatoms. The number of benzene rings is 1. The van der Waals surface area contributed by atoms with E-state index in [-0.39, 0.29) is 41.0 Å². The molecule has 0 aliphatic carbocycles. The zero-order chi connectivity index (χ0) is 9.30. The van der Waals surface area contributed by atoms with Crippen molar-refractivity contribution in [2.75, 3.05) is 0 Å². The molecule has 4 nitrogen and oxygen atoms in total. The van der Waals surface area contributed by atoms with Gasteiger partial charge in [0.25, 0.3) is 5.69 Å². The summed E-state index contributed by atoms with van der Waals surface area (Å²) in [4.78, 5) is 9.99. The maximum atomic E-state index is 10.9. The Morgan fingerprint density at radius 3 is 1.92 bits per heavy atom. The van der Waals surface area contributed by atoms with Crippen LogP contribution in [0.15, 0.2) is 12.1 Å². The molecule has 0 heterocycles. The van der Waals surface area contributed by atoms with Crippen LogP contribution >= 0.6 is 0 Å². The Balaban J connectivity index is 0.00000144. The van der Waals surface area contributed by atoms with Crippen molar-refractivity contribution in [3.63, 3.8) is 0 Å². The van der Waals surface area contributed by atoms with Gasteiger partial charge >= 0.3 is 29.6 Å². The zero-order valence-electron chi connectivity index (χ0n) is 7.83. The summed E-state index contributed by atoms with van der Waals surface area (Å²) in [6.07, 6.45) is 0. The van der Waals surface area contributed by atoms with Crippen LogP contribution in [0.4, 0.5) is 5.69 Å². The maximum Gasteiger partial charge on any atom is 1.00 e. The van der Waals surface area contributed by atoms with Gasteiger partial charge in [-0.05, 0) is 13.8 Å². The number of nitrogens with zero attached hydrogens (tertiary/aromatic N) is 1. The second-order valence-electron chi connectivity index (χ2n) is 2.66. The quantitative estimate of drug-likeness (QED) is 0.300. The van der Waals surface area contributed by atoms with Gasteiger partial charge in [-0.15, -0.1) is 5.75 Å². The summed E-state index contributed by atoms with van der Waals surface area (Å²) < 4.78 is 0. The first-order chi connectivity index (χ1) is 5.52. The van der Waals surface area contributed by atoms with E-state index in [0.717, 1.165) is 0 Å². The van der Waals surface area contributed by atoms with E-state index in [1.807, 2.05) is 0 Å². The van der Waals surface area contributed by atoms with Crippen molar-refractivity contribution >= 4 is 5.69 Å². The fraction of sp³-hybridized carbons (Fsp3) is 0.250. The molecule has 0 fully saturated rings. The average molecular weight is 189 g/mol. The molecule has 0 atom stereocenters. The molecular formula is C8H8NNaO3. The first-order valence-corrected chi connectivity index (χ1v) is 3.45. The van der Waals surface area contributed by atoms with Gasteiger partial charge in [-0.3, -0.25) is 10.1 Å². The van der Waals surface area contributed by atoms with Crippen LogP contribution in [-0.4, -0.2) is 4.92 Å². The number of nitro groups is 1. The maximum absolute atomic E-state index is 10.9. The SMILES string of the molecule is Cc1cc([O-])cc(C)c1[N+](=O)[O-].[Na+]. The van der Waals surface area contributed by atoms with E-state index < -0.39 is 4.92 Å². The van der Waals surface area contributed by atoms with Crippen molar-refractivity contribution in [3.8, 4) is 5.75 Å². The van der Waals surface area contributed by atoms with Gasteiger partial charge in [0.2, 0.25) is 0 Å². The molecule has 0 aromatic heterocycles. The third-order valence-corrected chi connectivity index (χ3v) is 1.65. The predicted octanol–water partition coefficient (Wildman–Crippen LogP) is -1.71. The molecule has 0 unspecified atom stereocenters. The molecule has 0 spiro atoms. The summed E-state index contributed by atoms with van der Waals surface area (Å²) >= 11 is 0. The van der Waals surface area contributed by atoms with Crippen LogP contribution in [0, 0.1) is 24.0 Å². The molecule has 0 aliphatic rings. The summed E-state index contributed by atoms with van der Waals surface area (Å²) in [6.45, 7) is 3.12. The van der Waals surface area contributed by atoms with Crippen molar-refractivity contribution in [2.45, 2.75) is 13.8 Å². The fourth-order valence-corrected chi connectivity index (χ4v) is 1.20. The molecule has 0 saturated carbocycles. The first kappa shape index (κ1) is 12.4. The standard InChI is InChI=1S/C8H9NO3.Na/c1-5-3-7(10)4-6(2)8(5)9(11)12;/h3-4,10H,1-2H3;/q;+1/p-1. The smallest absolute Gasteiger partial charge is 0.872 e. The van der Waals surface area contributed by atoms with Crippen LogP contribution < -0.4 is 34.7 Å². The van der Waals surface area contributed by atoms with Crippen molar-refractivity contribution in [2.24, 2.45) is 0 Å². The van der Waals surface area contributed by atoms with Gasteiger partial charge in [-0.1, -0.05) is 12.1 Å². The average Bonchev–Trinajstić information content (AvgIpc) is 1.82. The zero-order valence-corrected chi connectivity index (χ0v) is 9.83. The number of hydrogen-bond donors (Lipinski definition) is 0. The molecule has 0 aliphatic heterocycles. The third kappa shape index (κ3) is 2.69. The van der Waals surface area contributed by atoms with Gasteiger partial charge < -0.3 is 5.11 Å². The minimum absolute atomic E-state index is 0. The van der Waals surface area contributed by atoms with E-state index in [0.29, 0.717) is 11.1 Å². The third-order valence-electron chi connectivity index (χ3n) is 1.65. The largest absolute Gasteiger partial charge is 1.00 e. The Bertz CT molecular complexity index is 315. The van der Waals surface area contributed by atoms with Crippen molar-refractivity contribution in [3.05, 3.63) is 33.4 Å². The van der Waals surface area contributed by atoms with Crippen LogP contribution in [0.25, 0.3) is 0 Å². The van der Waals surface area contributed by atoms with E-state index in [1.54, 1.807) is 13.8 Å². The predicted molar refractivity (Wildman–Crippen MR) is 42.0 cm³/mol. The minimum atomic E-state index is -0.468. The number of rotatable bonds is 1. The minimum Gasteiger partial charge on any atom is -0.872 e. The molecule has 1 aromatic carbocycles. The Morgan fingerprint density at radius 1 is 1.23 bits per heavy atom. The van der Waals surface area contributed by atoms with E-state index in [2.05, 4.69) is 0 Å². The van der Waals surface area contributed by atoms with E-state index >= 15 is 0 Å². The van der Waals surface area contributed by atoms with Crippen molar-refractivity contribution in [1.82, 2.24) is 0 Å². The Labute approximate surface area is 98.0 Å². The van der Waals surface area contributed by atoms with E-state index in [4.69, 9.17) is 0 Å². The molecule has 0 bridgehead atoms. The molecule has 0 amide bonds. The second kappa shape index (κ2) is 4.60. The van der Waals surface area contributed by atoms with Gasteiger partial charge in [-0.2, -0.15) is 0 Å².